The van der Waals surface area contributed by atoms with Gasteiger partial charge >= 0.3 is 0 Å². The van der Waals surface area contributed by atoms with E-state index >= 15 is 0 Å². The standard InChI is InChI=1S/C12H14N2O3S2/c13-11-4-3-10(19(14,15)16)8-12(11)17-6-5-9-2-1-7-18-9/h1-4,7-8H,5-6,13H2,(H2,14,15,16). The van der Waals surface area contributed by atoms with Crippen LogP contribution in [0.3, 0.4) is 0 Å². The fourth-order valence-corrected chi connectivity index (χ4v) is 2.75. The van der Waals surface area contributed by atoms with Crippen molar-refractivity contribution in [3.8, 4) is 5.75 Å². The Kier molecular flexibility index (Phi) is 4.08. The predicted molar refractivity (Wildman–Crippen MR) is 75.7 cm³/mol. The number of primary sulfonamides is 1. The van der Waals surface area contributed by atoms with E-state index in [1.807, 2.05) is 17.5 Å². The van der Waals surface area contributed by atoms with E-state index in [1.165, 1.54) is 23.1 Å². The molecule has 0 unspecified atom stereocenters. The van der Waals surface area contributed by atoms with Gasteiger partial charge in [-0.1, -0.05) is 6.07 Å². The molecule has 0 aliphatic rings. The summed E-state index contributed by atoms with van der Waals surface area (Å²) in [5, 5.41) is 7.05. The predicted octanol–water partition coefficient (Wildman–Crippen LogP) is 1.60. The molecule has 0 saturated heterocycles. The number of anilines is 1. The molecular weight excluding hydrogens is 284 g/mol. The molecule has 2 rings (SSSR count). The van der Waals surface area contributed by atoms with Crippen LogP contribution in [-0.4, -0.2) is 15.0 Å². The summed E-state index contributed by atoms with van der Waals surface area (Å²) in [6, 6.07) is 8.16. The molecule has 7 heteroatoms. The summed E-state index contributed by atoms with van der Waals surface area (Å²) in [6.45, 7) is 0.429. The third kappa shape index (κ3) is 3.69. The van der Waals surface area contributed by atoms with Crippen molar-refractivity contribution >= 4 is 27.0 Å². The lowest BCUT2D eigenvalue weighted by Gasteiger charge is -2.09. The van der Waals surface area contributed by atoms with Crippen LogP contribution in [0.4, 0.5) is 5.69 Å². The van der Waals surface area contributed by atoms with Gasteiger partial charge in [0.15, 0.2) is 0 Å². The van der Waals surface area contributed by atoms with Gasteiger partial charge in [-0.3, -0.25) is 0 Å². The monoisotopic (exact) mass is 298 g/mol. The Morgan fingerprint density at radius 3 is 2.68 bits per heavy atom. The zero-order chi connectivity index (χ0) is 13.9. The first-order valence-corrected chi connectivity index (χ1v) is 7.97. The van der Waals surface area contributed by atoms with Gasteiger partial charge in [-0.25, -0.2) is 13.6 Å². The number of ether oxygens (including phenoxy) is 1. The number of sulfonamides is 1. The van der Waals surface area contributed by atoms with E-state index in [2.05, 4.69) is 0 Å². The molecule has 0 amide bonds. The third-order valence-corrected chi connectivity index (χ3v) is 4.35. The molecular formula is C12H14N2O3S2. The molecule has 1 heterocycles. The number of benzene rings is 1. The van der Waals surface area contributed by atoms with Crippen LogP contribution in [0, 0.1) is 0 Å². The molecule has 2 aromatic rings. The SMILES string of the molecule is Nc1ccc(S(N)(=O)=O)cc1OCCc1cccs1. The van der Waals surface area contributed by atoms with E-state index < -0.39 is 10.0 Å². The largest absolute Gasteiger partial charge is 0.491 e. The van der Waals surface area contributed by atoms with Crippen molar-refractivity contribution in [2.75, 3.05) is 12.3 Å². The van der Waals surface area contributed by atoms with Gasteiger partial charge in [-0.2, -0.15) is 0 Å². The molecule has 0 spiro atoms. The Labute approximate surface area is 115 Å². The van der Waals surface area contributed by atoms with Gasteiger partial charge in [0.25, 0.3) is 0 Å². The first-order valence-electron chi connectivity index (χ1n) is 5.54. The van der Waals surface area contributed by atoms with E-state index in [1.54, 1.807) is 11.3 Å². The first-order chi connectivity index (χ1) is 8.97. The number of thiophene rings is 1. The van der Waals surface area contributed by atoms with Gasteiger partial charge in [0.05, 0.1) is 17.2 Å². The van der Waals surface area contributed by atoms with Crippen molar-refractivity contribution in [3.63, 3.8) is 0 Å². The summed E-state index contributed by atoms with van der Waals surface area (Å²) in [7, 11) is -3.74. The zero-order valence-electron chi connectivity index (χ0n) is 10.1. The molecule has 1 aromatic heterocycles. The Balaban J connectivity index is 2.07. The van der Waals surface area contributed by atoms with Crippen molar-refractivity contribution in [3.05, 3.63) is 40.6 Å². The van der Waals surface area contributed by atoms with Crippen LogP contribution in [0.2, 0.25) is 0 Å². The maximum Gasteiger partial charge on any atom is 0.238 e. The molecule has 1 aromatic carbocycles. The Hall–Kier alpha value is -1.57. The van der Waals surface area contributed by atoms with Crippen LogP contribution in [-0.2, 0) is 16.4 Å². The zero-order valence-corrected chi connectivity index (χ0v) is 11.7. The average Bonchev–Trinajstić information content (AvgIpc) is 2.83. The fourth-order valence-electron chi connectivity index (χ4n) is 1.53. The highest BCUT2D eigenvalue weighted by molar-refractivity contribution is 7.89. The summed E-state index contributed by atoms with van der Waals surface area (Å²) in [6.07, 6.45) is 0.747. The lowest BCUT2D eigenvalue weighted by atomic mass is 10.3. The average molecular weight is 298 g/mol. The summed E-state index contributed by atoms with van der Waals surface area (Å²) in [5.41, 5.74) is 6.12. The highest BCUT2D eigenvalue weighted by Crippen LogP contribution is 2.25. The first kappa shape index (κ1) is 13.9. The number of nitrogen functional groups attached to an aromatic ring is 1. The van der Waals surface area contributed by atoms with Gasteiger partial charge in [-0.15, -0.1) is 11.3 Å². The molecule has 19 heavy (non-hydrogen) atoms. The van der Waals surface area contributed by atoms with Crippen molar-refractivity contribution in [1.29, 1.82) is 0 Å². The third-order valence-electron chi connectivity index (χ3n) is 2.50. The lowest BCUT2D eigenvalue weighted by molar-refractivity contribution is 0.324. The van der Waals surface area contributed by atoms with Crippen LogP contribution in [0.5, 0.6) is 5.75 Å². The number of rotatable bonds is 5. The number of nitrogens with two attached hydrogens (primary N) is 2. The van der Waals surface area contributed by atoms with Crippen LogP contribution < -0.4 is 15.6 Å². The summed E-state index contributed by atoms with van der Waals surface area (Å²) in [4.78, 5) is 1.19. The van der Waals surface area contributed by atoms with E-state index in [9.17, 15) is 8.42 Å². The number of hydrogen-bond donors (Lipinski definition) is 2. The van der Waals surface area contributed by atoms with Crippen molar-refractivity contribution in [1.82, 2.24) is 0 Å². The van der Waals surface area contributed by atoms with Gasteiger partial charge in [0.1, 0.15) is 5.75 Å². The fraction of sp³-hybridized carbons (Fsp3) is 0.167. The Morgan fingerprint density at radius 2 is 2.05 bits per heavy atom. The van der Waals surface area contributed by atoms with Gasteiger partial charge in [0, 0.05) is 17.4 Å². The normalized spacial score (nSPS) is 11.4. The summed E-state index contributed by atoms with van der Waals surface area (Å²) >= 11 is 1.64. The molecule has 0 aliphatic heterocycles. The smallest absolute Gasteiger partial charge is 0.238 e. The highest BCUT2D eigenvalue weighted by atomic mass is 32.2. The maximum absolute atomic E-state index is 11.2. The van der Waals surface area contributed by atoms with Gasteiger partial charge < -0.3 is 10.5 Å². The second kappa shape index (κ2) is 5.60. The van der Waals surface area contributed by atoms with Crippen LogP contribution in [0.25, 0.3) is 0 Å². The lowest BCUT2D eigenvalue weighted by Crippen LogP contribution is -2.13. The Morgan fingerprint density at radius 1 is 1.26 bits per heavy atom. The van der Waals surface area contributed by atoms with E-state index in [4.69, 9.17) is 15.6 Å². The molecule has 0 atom stereocenters. The molecule has 0 radical (unpaired) electrons. The van der Waals surface area contributed by atoms with E-state index in [0.29, 0.717) is 18.0 Å². The van der Waals surface area contributed by atoms with Crippen LogP contribution in [0.1, 0.15) is 4.88 Å². The van der Waals surface area contributed by atoms with Crippen molar-refractivity contribution < 1.29 is 13.2 Å². The molecule has 4 N–H and O–H groups in total. The second-order valence-corrected chi connectivity index (χ2v) is 6.52. The molecule has 5 nitrogen and oxygen atoms in total. The van der Waals surface area contributed by atoms with Crippen molar-refractivity contribution in [2.45, 2.75) is 11.3 Å². The summed E-state index contributed by atoms with van der Waals surface area (Å²) < 4.78 is 28.0. The quantitative estimate of drug-likeness (QED) is 0.820. The Bertz CT molecular complexity index is 652. The molecule has 0 saturated carbocycles. The topological polar surface area (TPSA) is 95.4 Å². The van der Waals surface area contributed by atoms with Crippen LogP contribution in [0.15, 0.2) is 40.6 Å². The molecule has 0 fully saturated rings. The van der Waals surface area contributed by atoms with Crippen molar-refractivity contribution in [2.24, 2.45) is 5.14 Å². The number of hydrogen-bond acceptors (Lipinski definition) is 5. The van der Waals surface area contributed by atoms with Gasteiger partial charge in [0.2, 0.25) is 10.0 Å². The second-order valence-electron chi connectivity index (χ2n) is 3.92. The van der Waals surface area contributed by atoms with Crippen LogP contribution >= 0.6 is 11.3 Å². The highest BCUT2D eigenvalue weighted by Gasteiger charge is 2.11. The molecule has 102 valence electrons. The molecule has 0 bridgehead atoms. The maximum atomic E-state index is 11.2. The molecule has 0 aliphatic carbocycles. The van der Waals surface area contributed by atoms with E-state index in [-0.39, 0.29) is 4.90 Å². The van der Waals surface area contributed by atoms with Gasteiger partial charge in [-0.05, 0) is 23.6 Å². The van der Waals surface area contributed by atoms with E-state index in [0.717, 1.165) is 6.42 Å². The minimum Gasteiger partial charge on any atom is -0.491 e. The minimum absolute atomic E-state index is 0.00664. The minimum atomic E-state index is -3.74. The summed E-state index contributed by atoms with van der Waals surface area (Å²) in [5.74, 6) is 0.336.